The molecule has 238 valence electrons. The number of nitrogen functional groups attached to an aromatic ring is 1. The number of aliphatic hydroxyl groups is 1. The topological polar surface area (TPSA) is 221 Å². The molecule has 0 amide bonds. The second kappa shape index (κ2) is 13.1. The molecule has 17 heteroatoms. The second-order valence-corrected chi connectivity index (χ2v) is 11.8. The number of aryl methyl sites for hydroxylation is 1. The van der Waals surface area contributed by atoms with E-state index in [0.29, 0.717) is 0 Å². The minimum Gasteiger partial charge on any atom is -0.452 e. The van der Waals surface area contributed by atoms with E-state index >= 15 is 0 Å². The molecule has 0 radical (unpaired) electrons. The predicted molar refractivity (Wildman–Crippen MR) is 165 cm³/mol. The highest BCUT2D eigenvalue weighted by atomic mass is 31.2. The molecule has 0 saturated carbocycles. The maximum atomic E-state index is 12.9. The molecule has 1 aliphatic heterocycles. The van der Waals surface area contributed by atoms with E-state index in [1.54, 1.807) is 21.0 Å². The number of ether oxygens (including phenoxy) is 2. The lowest BCUT2D eigenvalue weighted by molar-refractivity contribution is -0.141. The number of carbonyl (C=O) groups excluding carboxylic acids is 1. The van der Waals surface area contributed by atoms with Crippen LogP contribution in [0.3, 0.4) is 0 Å². The van der Waals surface area contributed by atoms with Crippen molar-refractivity contribution in [1.29, 1.82) is 0 Å². The first-order valence-electron chi connectivity index (χ1n) is 13.9. The zero-order valence-electron chi connectivity index (χ0n) is 24.7. The number of rotatable bonds is 10. The lowest BCUT2D eigenvalue weighted by Gasteiger charge is -2.19. The van der Waals surface area contributed by atoms with E-state index in [1.807, 2.05) is 18.2 Å². The number of hydrogen-bond acceptors (Lipinski definition) is 12. The Kier molecular flexibility index (Phi) is 9.28. The molecule has 0 aliphatic carbocycles. The number of aromatic amines is 1. The number of nitrogens with one attached hydrogen (secondary N) is 3. The maximum absolute atomic E-state index is 12.9. The lowest BCUT2D eigenvalue weighted by atomic mass is 10.1. The summed E-state index contributed by atoms with van der Waals surface area (Å²) in [5.41, 5.74) is 8.13. The van der Waals surface area contributed by atoms with Gasteiger partial charge in [0.25, 0.3) is 5.56 Å². The summed E-state index contributed by atoms with van der Waals surface area (Å²) < 4.78 is 31.7. The average Bonchev–Trinajstić information content (AvgIpc) is 3.71. The summed E-state index contributed by atoms with van der Waals surface area (Å²) >= 11 is 0. The highest BCUT2D eigenvalue weighted by Crippen LogP contribution is 2.45. The first kappa shape index (κ1) is 31.8. The molecule has 0 bridgehead atoms. The van der Waals surface area contributed by atoms with Gasteiger partial charge in [0.2, 0.25) is 5.95 Å². The van der Waals surface area contributed by atoms with Crippen LogP contribution in [0, 0.1) is 18.8 Å². The predicted octanol–water partition coefficient (Wildman–Crippen LogP) is 1.35. The van der Waals surface area contributed by atoms with E-state index in [9.17, 15) is 24.2 Å². The Bertz CT molecular complexity index is 1890. The summed E-state index contributed by atoms with van der Waals surface area (Å²) in [4.78, 5) is 46.3. The molecule has 7 N–H and O–H groups in total. The molecule has 0 spiro atoms. The monoisotopic (exact) mass is 640 g/mol. The number of benzene rings is 1. The van der Waals surface area contributed by atoms with Gasteiger partial charge in [0.1, 0.15) is 18.2 Å². The molecule has 1 aromatic carbocycles. The van der Waals surface area contributed by atoms with Crippen molar-refractivity contribution >= 4 is 42.1 Å². The molecule has 1 aliphatic rings. The molecule has 1 fully saturated rings. The molecule has 3 aromatic heterocycles. The highest BCUT2D eigenvalue weighted by Gasteiger charge is 2.38. The average molecular weight is 641 g/mol. The zero-order valence-corrected chi connectivity index (χ0v) is 25.6. The van der Waals surface area contributed by atoms with Crippen molar-refractivity contribution in [2.45, 2.75) is 38.2 Å². The number of aliphatic hydroxyl groups excluding tert-OH is 1. The van der Waals surface area contributed by atoms with Crippen LogP contribution in [0.15, 0.2) is 41.6 Å². The molecule has 2 unspecified atom stereocenters. The van der Waals surface area contributed by atoms with Crippen molar-refractivity contribution in [3.8, 4) is 11.8 Å². The van der Waals surface area contributed by atoms with Crippen LogP contribution in [0.25, 0.3) is 11.0 Å². The Hall–Kier alpha value is -4.65. The number of nitrogens with zero attached hydrogens (tertiary/aromatic N) is 4. The summed E-state index contributed by atoms with van der Waals surface area (Å²) in [7, 11) is -0.718. The van der Waals surface area contributed by atoms with Crippen molar-refractivity contribution in [3.05, 3.63) is 64.1 Å². The van der Waals surface area contributed by atoms with Gasteiger partial charge in [0, 0.05) is 50.5 Å². The molecule has 45 heavy (non-hydrogen) atoms. The number of fused-ring (bicyclic) bond motifs is 1. The minimum atomic E-state index is -4.28. The van der Waals surface area contributed by atoms with Crippen molar-refractivity contribution in [1.82, 2.24) is 23.9 Å². The molecule has 4 heterocycles. The second-order valence-electron chi connectivity index (χ2n) is 10.1. The van der Waals surface area contributed by atoms with Gasteiger partial charge in [-0.05, 0) is 24.6 Å². The molecular formula is C28H33N8O8P. The van der Waals surface area contributed by atoms with Crippen molar-refractivity contribution in [2.24, 2.45) is 0 Å². The third kappa shape index (κ3) is 6.88. The SMILES string of the molecule is CNc1ccc(CC(=O)OCC#Cc2cn([C@H]3CC(O)[C@@H](COP(=O)(O)n4ccnc4C)O3)c3nc(N)[nH]c(=O)c23)c(NC)c1. The van der Waals surface area contributed by atoms with Crippen LogP contribution in [0.5, 0.6) is 0 Å². The summed E-state index contributed by atoms with van der Waals surface area (Å²) in [6.07, 6.45) is 1.43. The van der Waals surface area contributed by atoms with Gasteiger partial charge < -0.3 is 40.4 Å². The summed E-state index contributed by atoms with van der Waals surface area (Å²) in [6.45, 7) is 0.923. The van der Waals surface area contributed by atoms with Crippen molar-refractivity contribution in [3.63, 3.8) is 0 Å². The standard InChI is InChI=1S/C28H33N8O8P/c1-16-32-8-9-36(16)45(40,41)43-15-22-21(37)13-23(44-22)35-14-18(25-26(35)33-28(29)34-27(25)39)5-4-10-42-24(38)11-17-6-7-19(30-2)12-20(17)31-3/h6-9,12,14,21-23,30-31,37H,10-11,13,15H2,1-3H3,(H,40,41)(H3,29,33,34,39)/t21?,22-,23-/m1/s1. The van der Waals surface area contributed by atoms with Gasteiger partial charge in [-0.15, -0.1) is 0 Å². The fourth-order valence-electron chi connectivity index (χ4n) is 4.97. The molecule has 4 atom stereocenters. The number of imidazole rings is 1. The molecular weight excluding hydrogens is 607 g/mol. The maximum Gasteiger partial charge on any atom is 0.437 e. The van der Waals surface area contributed by atoms with Gasteiger partial charge in [-0.3, -0.25) is 19.1 Å². The van der Waals surface area contributed by atoms with Gasteiger partial charge >= 0.3 is 13.7 Å². The van der Waals surface area contributed by atoms with Crippen molar-refractivity contribution in [2.75, 3.05) is 43.7 Å². The number of carbonyl (C=O) groups is 1. The Morgan fingerprint density at radius 1 is 1.33 bits per heavy atom. The zero-order chi connectivity index (χ0) is 32.3. The van der Waals surface area contributed by atoms with Gasteiger partial charge in [0.05, 0.1) is 30.1 Å². The van der Waals surface area contributed by atoms with Crippen LogP contribution >= 0.6 is 7.75 Å². The third-order valence-corrected chi connectivity index (χ3v) is 8.68. The van der Waals surface area contributed by atoms with Gasteiger partial charge in [-0.2, -0.15) is 4.98 Å². The van der Waals surface area contributed by atoms with Crippen LogP contribution in [0.4, 0.5) is 17.3 Å². The van der Waals surface area contributed by atoms with E-state index in [-0.39, 0.29) is 47.8 Å². The Morgan fingerprint density at radius 2 is 2.13 bits per heavy atom. The van der Waals surface area contributed by atoms with Gasteiger partial charge in [-0.1, -0.05) is 17.9 Å². The number of aromatic nitrogens is 5. The fourth-order valence-corrected chi connectivity index (χ4v) is 6.08. The van der Waals surface area contributed by atoms with Crippen LogP contribution in [-0.2, 0) is 29.8 Å². The Balaban J connectivity index is 1.29. The van der Waals surface area contributed by atoms with Crippen LogP contribution in [0.1, 0.15) is 29.6 Å². The number of nitrogens with two attached hydrogens (primary N) is 1. The molecule has 1 saturated heterocycles. The van der Waals surface area contributed by atoms with E-state index < -0.39 is 44.3 Å². The van der Waals surface area contributed by atoms with E-state index in [4.69, 9.17) is 19.7 Å². The normalized spacial score (nSPS) is 19.1. The fraction of sp³-hybridized carbons (Fsp3) is 0.357. The summed E-state index contributed by atoms with van der Waals surface area (Å²) in [5, 5.41) is 16.9. The van der Waals surface area contributed by atoms with Crippen LogP contribution in [-0.4, -0.2) is 79.3 Å². The highest BCUT2D eigenvalue weighted by molar-refractivity contribution is 7.51. The smallest absolute Gasteiger partial charge is 0.437 e. The third-order valence-electron chi connectivity index (χ3n) is 7.23. The lowest BCUT2D eigenvalue weighted by Crippen LogP contribution is -2.26. The molecule has 4 aromatic rings. The molecule has 16 nitrogen and oxygen atoms in total. The number of hydrogen-bond donors (Lipinski definition) is 6. The Labute approximate surface area is 257 Å². The Morgan fingerprint density at radius 3 is 2.84 bits per heavy atom. The van der Waals surface area contributed by atoms with Crippen molar-refractivity contribution < 1.29 is 33.4 Å². The van der Waals surface area contributed by atoms with E-state index in [0.717, 1.165) is 21.3 Å². The largest absolute Gasteiger partial charge is 0.452 e. The number of esters is 1. The molecule has 5 rings (SSSR count). The van der Waals surface area contributed by atoms with Gasteiger partial charge in [-0.25, -0.2) is 13.9 Å². The summed E-state index contributed by atoms with van der Waals surface area (Å²) in [6, 6.07) is 5.56. The van der Waals surface area contributed by atoms with E-state index in [1.165, 1.54) is 23.2 Å². The van der Waals surface area contributed by atoms with Crippen LogP contribution in [0.2, 0.25) is 0 Å². The van der Waals surface area contributed by atoms with E-state index in [2.05, 4.69) is 37.4 Å². The van der Waals surface area contributed by atoms with Crippen LogP contribution < -0.4 is 21.9 Å². The minimum absolute atomic E-state index is 0.0317. The van der Waals surface area contributed by atoms with Gasteiger partial charge in [0.15, 0.2) is 12.3 Å². The number of anilines is 3. The quantitative estimate of drug-likeness (QED) is 0.0820. The first-order valence-corrected chi connectivity index (χ1v) is 15.4. The summed E-state index contributed by atoms with van der Waals surface area (Å²) in [5.74, 6) is 5.26. The first-order chi connectivity index (χ1) is 21.5. The number of H-pyrrole nitrogens is 1.